The maximum atomic E-state index is 12.3. The molecule has 1 aromatic heterocycles. The molecule has 4 aromatic rings. The maximum absolute atomic E-state index is 12.3. The van der Waals surface area contributed by atoms with Gasteiger partial charge in [0, 0.05) is 31.4 Å². The summed E-state index contributed by atoms with van der Waals surface area (Å²) in [5.74, 6) is -0.692. The van der Waals surface area contributed by atoms with Gasteiger partial charge in [0.25, 0.3) is 0 Å². The van der Waals surface area contributed by atoms with E-state index in [4.69, 9.17) is 37.9 Å². The van der Waals surface area contributed by atoms with Gasteiger partial charge in [0.1, 0.15) is 5.15 Å². The molecule has 0 radical (unpaired) electrons. The van der Waals surface area contributed by atoms with Crippen LogP contribution in [0.1, 0.15) is 60.3 Å². The molecular weight excluding hydrogens is 619 g/mol. The molecule has 2 amide bonds. The number of nitrogens with one attached hydrogen (secondary N) is 2. The number of carbonyl (C=O) groups excluding carboxylic acids is 2. The summed E-state index contributed by atoms with van der Waals surface area (Å²) >= 11 is 12.4. The quantitative estimate of drug-likeness (QED) is 0.111. The normalized spacial score (nSPS) is 18.0. The van der Waals surface area contributed by atoms with E-state index in [1.807, 2.05) is 72.8 Å². The molecule has 5 rings (SSSR count). The van der Waals surface area contributed by atoms with Crippen molar-refractivity contribution in [2.24, 2.45) is 0 Å². The van der Waals surface area contributed by atoms with Crippen LogP contribution < -0.4 is 10.8 Å². The van der Waals surface area contributed by atoms with Crippen molar-refractivity contribution in [2.45, 2.75) is 63.9 Å². The number of hydrogen-bond donors (Lipinski definition) is 4. The zero-order chi connectivity index (χ0) is 31.8. The van der Waals surface area contributed by atoms with E-state index in [9.17, 15) is 14.7 Å². The monoisotopic (exact) mass is 652 g/mol. The van der Waals surface area contributed by atoms with E-state index in [1.54, 1.807) is 16.4 Å². The van der Waals surface area contributed by atoms with Gasteiger partial charge in [-0.15, -0.1) is 0 Å². The van der Waals surface area contributed by atoms with Gasteiger partial charge in [-0.05, 0) is 34.2 Å². The van der Waals surface area contributed by atoms with E-state index in [2.05, 4.69) is 10.3 Å². The molecule has 1 saturated heterocycles. The van der Waals surface area contributed by atoms with E-state index in [0.717, 1.165) is 33.4 Å². The fourth-order valence-corrected chi connectivity index (χ4v) is 5.56. The molecule has 0 spiro atoms. The molecule has 3 atom stereocenters. The number of benzene rings is 3. The highest BCUT2D eigenvalue weighted by Gasteiger charge is 2.33. The standard InChI is InChI=1S/C33H34Cl2N4O6/c34-31-32(35)39(20-37-31)18-26-16-28(23-10-8-21(19-40)9-11-23)45-33(44-26)24-14-12-22(13-15-24)27-5-2-1-4-25(27)17-36-29(41)6-3-7-30(42)38-43/h1-2,4-5,8-15,20,26,28,33,40,43H,3,6-7,16-19H2,(H,36,41)(H,38,42). The minimum atomic E-state index is -0.652. The van der Waals surface area contributed by atoms with Crippen molar-refractivity contribution in [3.63, 3.8) is 0 Å². The number of aromatic nitrogens is 2. The fourth-order valence-electron chi connectivity index (χ4n) is 5.25. The van der Waals surface area contributed by atoms with Crippen LogP contribution in [0.3, 0.4) is 0 Å². The number of halogens is 2. The van der Waals surface area contributed by atoms with Crippen molar-refractivity contribution in [1.82, 2.24) is 20.3 Å². The molecule has 12 heteroatoms. The van der Waals surface area contributed by atoms with Gasteiger partial charge in [-0.25, -0.2) is 10.5 Å². The molecule has 3 aromatic carbocycles. The lowest BCUT2D eigenvalue weighted by atomic mass is 9.97. The van der Waals surface area contributed by atoms with Crippen LogP contribution in [0, 0.1) is 0 Å². The first-order valence-corrected chi connectivity index (χ1v) is 15.3. The molecule has 0 aliphatic carbocycles. The molecule has 0 saturated carbocycles. The van der Waals surface area contributed by atoms with E-state index in [0.29, 0.717) is 31.1 Å². The summed E-state index contributed by atoms with van der Waals surface area (Å²) in [7, 11) is 0. The Morgan fingerprint density at radius 1 is 0.933 bits per heavy atom. The fraction of sp³-hybridized carbons (Fsp3) is 0.303. The average molecular weight is 654 g/mol. The van der Waals surface area contributed by atoms with Gasteiger partial charge in [0.2, 0.25) is 11.8 Å². The van der Waals surface area contributed by atoms with Gasteiger partial charge in [-0.2, -0.15) is 0 Å². The number of hydroxylamine groups is 1. The predicted octanol–water partition coefficient (Wildman–Crippen LogP) is 5.89. The average Bonchev–Trinajstić information content (AvgIpc) is 3.39. The molecule has 4 N–H and O–H groups in total. The SMILES string of the molecule is O=C(CCCC(=O)NCc1ccccc1-c1ccc(C2OC(Cn3cnc(Cl)c3Cl)CC(c3ccc(CO)cc3)O2)cc1)NO. The Bertz CT molecular complexity index is 1600. The number of ether oxygens (including phenoxy) is 2. The molecule has 0 bridgehead atoms. The van der Waals surface area contributed by atoms with Crippen molar-refractivity contribution >= 4 is 35.0 Å². The minimum absolute atomic E-state index is 0.0343. The lowest BCUT2D eigenvalue weighted by Gasteiger charge is -2.36. The van der Waals surface area contributed by atoms with E-state index in [-0.39, 0.29) is 42.7 Å². The summed E-state index contributed by atoms with van der Waals surface area (Å²) in [4.78, 5) is 27.6. The minimum Gasteiger partial charge on any atom is -0.392 e. The molecule has 1 aliphatic heterocycles. The van der Waals surface area contributed by atoms with Crippen LogP contribution in [0.2, 0.25) is 10.3 Å². The number of aliphatic hydroxyl groups excluding tert-OH is 1. The van der Waals surface area contributed by atoms with Gasteiger partial charge < -0.3 is 24.5 Å². The number of nitrogens with zero attached hydrogens (tertiary/aromatic N) is 2. The van der Waals surface area contributed by atoms with Crippen molar-refractivity contribution < 1.29 is 29.4 Å². The topological polar surface area (TPSA) is 135 Å². The van der Waals surface area contributed by atoms with Gasteiger partial charge in [-0.3, -0.25) is 14.8 Å². The smallest absolute Gasteiger partial charge is 0.243 e. The van der Waals surface area contributed by atoms with Crippen LogP contribution >= 0.6 is 23.2 Å². The van der Waals surface area contributed by atoms with Crippen molar-refractivity contribution in [3.05, 3.63) is 112 Å². The molecule has 10 nitrogen and oxygen atoms in total. The lowest BCUT2D eigenvalue weighted by Crippen LogP contribution is -2.32. The van der Waals surface area contributed by atoms with Gasteiger partial charge in [0.15, 0.2) is 11.4 Å². The highest BCUT2D eigenvalue weighted by molar-refractivity contribution is 6.40. The lowest BCUT2D eigenvalue weighted by molar-refractivity contribution is -0.252. The zero-order valence-corrected chi connectivity index (χ0v) is 25.9. The van der Waals surface area contributed by atoms with E-state index >= 15 is 0 Å². The summed E-state index contributed by atoms with van der Waals surface area (Å²) in [6, 6.07) is 23.4. The highest BCUT2D eigenvalue weighted by atomic mass is 35.5. The molecule has 3 unspecified atom stereocenters. The Hall–Kier alpha value is -3.77. The van der Waals surface area contributed by atoms with Gasteiger partial charge >= 0.3 is 0 Å². The van der Waals surface area contributed by atoms with Crippen LogP contribution in [0.4, 0.5) is 0 Å². The second-order valence-corrected chi connectivity index (χ2v) is 11.5. The van der Waals surface area contributed by atoms with Crippen molar-refractivity contribution in [1.29, 1.82) is 0 Å². The molecule has 1 fully saturated rings. The largest absolute Gasteiger partial charge is 0.392 e. The third kappa shape index (κ3) is 8.49. The Labute approximate surface area is 270 Å². The number of hydrogen-bond acceptors (Lipinski definition) is 7. The Balaban J connectivity index is 1.30. The summed E-state index contributed by atoms with van der Waals surface area (Å²) in [5.41, 5.74) is 7.09. The Morgan fingerprint density at radius 3 is 2.33 bits per heavy atom. The van der Waals surface area contributed by atoms with Crippen LogP contribution in [0.25, 0.3) is 11.1 Å². The summed E-state index contributed by atoms with van der Waals surface area (Å²) in [6.45, 7) is 0.736. The van der Waals surface area contributed by atoms with Gasteiger partial charge in [-0.1, -0.05) is 96.0 Å². The number of carbonyl (C=O) groups is 2. The summed E-state index contributed by atoms with van der Waals surface area (Å²) in [5, 5.41) is 21.6. The first-order chi connectivity index (χ1) is 21.8. The molecule has 45 heavy (non-hydrogen) atoms. The van der Waals surface area contributed by atoms with Crippen molar-refractivity contribution in [2.75, 3.05) is 0 Å². The van der Waals surface area contributed by atoms with Crippen LogP contribution in [-0.4, -0.2) is 37.8 Å². The molecule has 2 heterocycles. The number of amides is 2. The first-order valence-electron chi connectivity index (χ1n) is 14.6. The summed E-state index contributed by atoms with van der Waals surface area (Å²) in [6.07, 6.45) is 1.59. The number of imidazole rings is 1. The van der Waals surface area contributed by atoms with Crippen LogP contribution in [0.15, 0.2) is 79.1 Å². The molecular formula is C33H34Cl2N4O6. The van der Waals surface area contributed by atoms with Crippen LogP contribution in [-0.2, 0) is 38.8 Å². The van der Waals surface area contributed by atoms with E-state index < -0.39 is 12.2 Å². The third-order valence-electron chi connectivity index (χ3n) is 7.67. The van der Waals surface area contributed by atoms with Crippen molar-refractivity contribution in [3.8, 4) is 11.1 Å². The van der Waals surface area contributed by atoms with E-state index in [1.165, 1.54) is 0 Å². The second kappa shape index (κ2) is 15.5. The number of rotatable bonds is 12. The maximum Gasteiger partial charge on any atom is 0.243 e. The predicted molar refractivity (Wildman–Crippen MR) is 168 cm³/mol. The van der Waals surface area contributed by atoms with Crippen LogP contribution in [0.5, 0.6) is 0 Å². The summed E-state index contributed by atoms with van der Waals surface area (Å²) < 4.78 is 14.7. The Kier molecular flexibility index (Phi) is 11.2. The number of aliphatic hydroxyl groups is 1. The second-order valence-electron chi connectivity index (χ2n) is 10.8. The molecule has 236 valence electrons. The van der Waals surface area contributed by atoms with Gasteiger partial charge in [0.05, 0.1) is 31.7 Å². The first kappa shape index (κ1) is 32.6. The Morgan fingerprint density at radius 2 is 1.64 bits per heavy atom. The highest BCUT2D eigenvalue weighted by Crippen LogP contribution is 2.39. The zero-order valence-electron chi connectivity index (χ0n) is 24.4. The third-order valence-corrected chi connectivity index (χ3v) is 8.44. The molecule has 1 aliphatic rings.